The highest BCUT2D eigenvalue weighted by atomic mass is 16.5. The molecule has 0 saturated carbocycles. The molecule has 88 valence electrons. The number of hydrazine groups is 1. The SMILES string of the molecule is CN(C)NC1CCOC2(CCOCC2)C1. The highest BCUT2D eigenvalue weighted by molar-refractivity contribution is 4.91. The first-order chi connectivity index (χ1) is 7.20. The van der Waals surface area contributed by atoms with Gasteiger partial charge in [-0.05, 0) is 25.7 Å². The van der Waals surface area contributed by atoms with Gasteiger partial charge in [0.2, 0.25) is 0 Å². The van der Waals surface area contributed by atoms with Gasteiger partial charge < -0.3 is 9.47 Å². The normalized spacial score (nSPS) is 31.0. The fourth-order valence-corrected chi connectivity index (χ4v) is 2.59. The Morgan fingerprint density at radius 3 is 2.60 bits per heavy atom. The first kappa shape index (κ1) is 11.3. The minimum absolute atomic E-state index is 0.101. The van der Waals surface area contributed by atoms with E-state index in [0.717, 1.165) is 45.5 Å². The molecule has 15 heavy (non-hydrogen) atoms. The Hall–Kier alpha value is -0.160. The van der Waals surface area contributed by atoms with Crippen LogP contribution in [0.2, 0.25) is 0 Å². The zero-order valence-electron chi connectivity index (χ0n) is 9.79. The maximum absolute atomic E-state index is 5.98. The maximum atomic E-state index is 5.98. The van der Waals surface area contributed by atoms with Crippen LogP contribution >= 0.6 is 0 Å². The molecular weight excluding hydrogens is 192 g/mol. The Morgan fingerprint density at radius 2 is 1.93 bits per heavy atom. The van der Waals surface area contributed by atoms with Crippen LogP contribution in [0.3, 0.4) is 0 Å². The highest BCUT2D eigenvalue weighted by Crippen LogP contribution is 2.34. The number of hydrogen-bond donors (Lipinski definition) is 1. The number of hydrogen-bond acceptors (Lipinski definition) is 4. The topological polar surface area (TPSA) is 33.7 Å². The molecule has 0 bridgehead atoms. The smallest absolute Gasteiger partial charge is 0.0741 e. The van der Waals surface area contributed by atoms with Crippen LogP contribution in [0.25, 0.3) is 0 Å². The summed E-state index contributed by atoms with van der Waals surface area (Å²) in [5.41, 5.74) is 3.57. The average Bonchev–Trinajstić information content (AvgIpc) is 2.17. The second-order valence-corrected chi connectivity index (χ2v) is 4.86. The van der Waals surface area contributed by atoms with E-state index in [0.29, 0.717) is 6.04 Å². The molecule has 2 heterocycles. The predicted octanol–water partition coefficient (Wildman–Crippen LogP) is 0.781. The molecule has 1 unspecified atom stereocenters. The molecule has 1 atom stereocenters. The van der Waals surface area contributed by atoms with Crippen molar-refractivity contribution in [2.24, 2.45) is 0 Å². The van der Waals surface area contributed by atoms with Crippen LogP contribution in [0.5, 0.6) is 0 Å². The lowest BCUT2D eigenvalue weighted by molar-refractivity contribution is -0.143. The molecular formula is C11H22N2O2. The van der Waals surface area contributed by atoms with Crippen molar-refractivity contribution in [2.75, 3.05) is 33.9 Å². The van der Waals surface area contributed by atoms with Gasteiger partial charge in [-0.3, -0.25) is 10.4 Å². The van der Waals surface area contributed by atoms with Crippen molar-refractivity contribution in [1.82, 2.24) is 10.4 Å². The molecule has 4 nitrogen and oxygen atoms in total. The van der Waals surface area contributed by atoms with Crippen molar-refractivity contribution in [3.63, 3.8) is 0 Å². The van der Waals surface area contributed by atoms with Crippen molar-refractivity contribution in [1.29, 1.82) is 0 Å². The van der Waals surface area contributed by atoms with E-state index in [4.69, 9.17) is 9.47 Å². The number of nitrogens with zero attached hydrogens (tertiary/aromatic N) is 1. The fraction of sp³-hybridized carbons (Fsp3) is 1.00. The van der Waals surface area contributed by atoms with Crippen LogP contribution in [-0.2, 0) is 9.47 Å². The molecule has 4 heteroatoms. The van der Waals surface area contributed by atoms with Crippen LogP contribution in [0.4, 0.5) is 0 Å². The summed E-state index contributed by atoms with van der Waals surface area (Å²) in [5, 5.41) is 2.04. The van der Waals surface area contributed by atoms with Gasteiger partial charge in [-0.25, -0.2) is 0 Å². The van der Waals surface area contributed by atoms with E-state index in [9.17, 15) is 0 Å². The van der Waals surface area contributed by atoms with Gasteiger partial charge in [0, 0.05) is 40.0 Å². The van der Waals surface area contributed by atoms with E-state index in [2.05, 4.69) is 5.43 Å². The lowest BCUT2D eigenvalue weighted by Crippen LogP contribution is -2.52. The molecule has 2 aliphatic rings. The van der Waals surface area contributed by atoms with Gasteiger partial charge in [0.25, 0.3) is 0 Å². The van der Waals surface area contributed by atoms with E-state index in [-0.39, 0.29) is 5.60 Å². The molecule has 2 aliphatic heterocycles. The van der Waals surface area contributed by atoms with Crippen molar-refractivity contribution in [3.8, 4) is 0 Å². The minimum atomic E-state index is 0.101. The Bertz CT molecular complexity index is 197. The Labute approximate surface area is 91.9 Å². The zero-order valence-corrected chi connectivity index (χ0v) is 9.79. The van der Waals surface area contributed by atoms with Crippen molar-refractivity contribution >= 4 is 0 Å². The van der Waals surface area contributed by atoms with E-state index in [1.807, 2.05) is 19.1 Å². The summed E-state index contributed by atoms with van der Waals surface area (Å²) in [6.07, 6.45) is 4.34. The molecule has 0 aromatic heterocycles. The van der Waals surface area contributed by atoms with E-state index < -0.39 is 0 Å². The van der Waals surface area contributed by atoms with Crippen molar-refractivity contribution in [3.05, 3.63) is 0 Å². The first-order valence-corrected chi connectivity index (χ1v) is 5.85. The van der Waals surface area contributed by atoms with Gasteiger partial charge in [-0.1, -0.05) is 0 Å². The summed E-state index contributed by atoms with van der Waals surface area (Å²) in [6, 6.07) is 0.562. The minimum Gasteiger partial charge on any atom is -0.381 e. The molecule has 0 aromatic carbocycles. The number of rotatable bonds is 2. The molecule has 1 N–H and O–H groups in total. The predicted molar refractivity (Wildman–Crippen MR) is 58.6 cm³/mol. The van der Waals surface area contributed by atoms with Crippen LogP contribution < -0.4 is 5.43 Å². The van der Waals surface area contributed by atoms with E-state index in [1.165, 1.54) is 0 Å². The third-order valence-electron chi connectivity index (χ3n) is 3.34. The second-order valence-electron chi connectivity index (χ2n) is 4.86. The third kappa shape index (κ3) is 2.91. The van der Waals surface area contributed by atoms with Crippen LogP contribution in [0.1, 0.15) is 25.7 Å². The quantitative estimate of drug-likeness (QED) is 0.689. The summed E-state index contributed by atoms with van der Waals surface area (Å²) < 4.78 is 11.4. The maximum Gasteiger partial charge on any atom is 0.0741 e. The molecule has 0 amide bonds. The summed E-state index contributed by atoms with van der Waals surface area (Å²) >= 11 is 0. The molecule has 0 aromatic rings. The summed E-state index contributed by atoms with van der Waals surface area (Å²) in [4.78, 5) is 0. The Morgan fingerprint density at radius 1 is 1.20 bits per heavy atom. The standard InChI is InChI=1S/C11H22N2O2/c1-13(2)12-10-3-6-15-11(9-10)4-7-14-8-5-11/h10,12H,3-9H2,1-2H3. The van der Waals surface area contributed by atoms with E-state index >= 15 is 0 Å². The molecule has 0 aliphatic carbocycles. The van der Waals surface area contributed by atoms with Gasteiger partial charge in [-0.15, -0.1) is 0 Å². The highest BCUT2D eigenvalue weighted by Gasteiger charge is 2.38. The van der Waals surface area contributed by atoms with E-state index in [1.54, 1.807) is 0 Å². The van der Waals surface area contributed by atoms with Crippen molar-refractivity contribution in [2.45, 2.75) is 37.3 Å². The second kappa shape index (κ2) is 4.78. The Kier molecular flexibility index (Phi) is 3.61. The first-order valence-electron chi connectivity index (χ1n) is 5.85. The lowest BCUT2D eigenvalue weighted by Gasteiger charge is -2.44. The average molecular weight is 214 g/mol. The summed E-state index contributed by atoms with van der Waals surface area (Å²) in [7, 11) is 4.10. The molecule has 2 fully saturated rings. The summed E-state index contributed by atoms with van der Waals surface area (Å²) in [5.74, 6) is 0. The fourth-order valence-electron chi connectivity index (χ4n) is 2.59. The monoisotopic (exact) mass is 214 g/mol. The molecule has 2 rings (SSSR count). The zero-order chi connectivity index (χ0) is 10.7. The number of nitrogens with one attached hydrogen (secondary N) is 1. The van der Waals surface area contributed by atoms with Crippen LogP contribution in [-0.4, -0.2) is 50.6 Å². The number of ether oxygens (including phenoxy) is 2. The molecule has 0 radical (unpaired) electrons. The van der Waals surface area contributed by atoms with Gasteiger partial charge in [-0.2, -0.15) is 0 Å². The molecule has 1 spiro atoms. The van der Waals surface area contributed by atoms with Gasteiger partial charge in [0.05, 0.1) is 5.60 Å². The van der Waals surface area contributed by atoms with Crippen LogP contribution in [0.15, 0.2) is 0 Å². The molecule has 2 saturated heterocycles. The largest absolute Gasteiger partial charge is 0.381 e. The van der Waals surface area contributed by atoms with Crippen LogP contribution in [0, 0.1) is 0 Å². The third-order valence-corrected chi connectivity index (χ3v) is 3.34. The van der Waals surface area contributed by atoms with Gasteiger partial charge >= 0.3 is 0 Å². The van der Waals surface area contributed by atoms with Crippen molar-refractivity contribution < 1.29 is 9.47 Å². The Balaban J connectivity index is 1.90. The van der Waals surface area contributed by atoms with Gasteiger partial charge in [0.1, 0.15) is 0 Å². The lowest BCUT2D eigenvalue weighted by atomic mass is 9.84. The summed E-state index contributed by atoms with van der Waals surface area (Å²) in [6.45, 7) is 2.59. The van der Waals surface area contributed by atoms with Gasteiger partial charge in [0.15, 0.2) is 0 Å².